The van der Waals surface area contributed by atoms with Crippen molar-refractivity contribution in [2.75, 3.05) is 0 Å². The van der Waals surface area contributed by atoms with Gasteiger partial charge in [-0.05, 0) is 38.8 Å². The van der Waals surface area contributed by atoms with Crippen LogP contribution in [0.15, 0.2) is 133 Å². The van der Waals surface area contributed by atoms with Crippen molar-refractivity contribution in [3.05, 3.63) is 150 Å². The Balaban J connectivity index is 1.58. The van der Waals surface area contributed by atoms with E-state index in [1.54, 1.807) is 0 Å². The lowest BCUT2D eigenvalue weighted by atomic mass is 9.70. The van der Waals surface area contributed by atoms with Crippen molar-refractivity contribution in [3.8, 4) is 0 Å². The highest BCUT2D eigenvalue weighted by Crippen LogP contribution is 2.48. The number of fused-ring (bicyclic) bond motifs is 1. The van der Waals surface area contributed by atoms with Crippen LogP contribution in [0, 0.1) is 5.92 Å². The van der Waals surface area contributed by atoms with E-state index in [9.17, 15) is 0 Å². The third kappa shape index (κ3) is 4.19. The van der Waals surface area contributed by atoms with Gasteiger partial charge in [-0.15, -0.1) is 0 Å². The first-order valence-corrected chi connectivity index (χ1v) is 13.2. The lowest BCUT2D eigenvalue weighted by Crippen LogP contribution is -2.50. The van der Waals surface area contributed by atoms with Gasteiger partial charge in [-0.3, -0.25) is 0 Å². The van der Waals surface area contributed by atoms with E-state index in [0.29, 0.717) is 5.92 Å². The Kier molecular flexibility index (Phi) is 6.42. The van der Waals surface area contributed by atoms with E-state index < -0.39 is 5.60 Å². The van der Waals surface area contributed by atoms with Crippen LogP contribution in [0.5, 0.6) is 0 Å². The minimum absolute atomic E-state index is 0.112. The Morgan fingerprint density at radius 1 is 0.676 bits per heavy atom. The molecule has 1 fully saturated rings. The molecule has 1 saturated heterocycles. The predicted molar refractivity (Wildman–Crippen MR) is 155 cm³/mol. The predicted octanol–water partition coefficient (Wildman–Crippen LogP) is 7.04. The van der Waals surface area contributed by atoms with Gasteiger partial charge >= 0.3 is 7.05 Å². The van der Waals surface area contributed by atoms with Gasteiger partial charge in [0, 0.05) is 12.6 Å². The molecule has 1 unspecified atom stereocenters. The first-order chi connectivity index (χ1) is 18.2. The van der Waals surface area contributed by atoms with Gasteiger partial charge in [0.2, 0.25) is 0 Å². The fourth-order valence-electron chi connectivity index (χ4n) is 6.25. The van der Waals surface area contributed by atoms with E-state index >= 15 is 0 Å². The first-order valence-electron chi connectivity index (χ1n) is 13.2. The Labute approximate surface area is 220 Å². The monoisotopic (exact) mass is 481 g/mol. The Morgan fingerprint density at radius 2 is 1.22 bits per heavy atom. The van der Waals surface area contributed by atoms with E-state index in [2.05, 4.69) is 152 Å². The summed E-state index contributed by atoms with van der Waals surface area (Å²) in [6.45, 7) is 5.46. The van der Waals surface area contributed by atoms with Crippen LogP contribution in [0.25, 0.3) is 10.8 Å². The number of hydrogen-bond donors (Lipinski definition) is 0. The first kappa shape index (κ1) is 23.7. The quantitative estimate of drug-likeness (QED) is 0.241. The molecule has 3 heteroatoms. The second-order valence-electron chi connectivity index (χ2n) is 10.3. The molecule has 0 bridgehead atoms. The second-order valence-corrected chi connectivity index (χ2v) is 10.3. The highest BCUT2D eigenvalue weighted by Gasteiger charge is 2.58. The molecular weight excluding hydrogens is 449 g/mol. The molecule has 0 spiro atoms. The number of rotatable bonds is 6. The molecule has 0 saturated carbocycles. The summed E-state index contributed by atoms with van der Waals surface area (Å²) >= 11 is 0. The summed E-state index contributed by atoms with van der Waals surface area (Å²) in [6, 6.07) is 47.8. The van der Waals surface area contributed by atoms with Gasteiger partial charge in [-0.2, -0.15) is 0 Å². The molecule has 182 valence electrons. The molecule has 5 aromatic rings. The minimum atomic E-state index is -0.609. The lowest BCUT2D eigenvalue weighted by molar-refractivity contribution is 0.0727. The maximum atomic E-state index is 7.40. The molecule has 1 heterocycles. The molecule has 37 heavy (non-hydrogen) atoms. The molecule has 0 N–H and O–H groups in total. The summed E-state index contributed by atoms with van der Waals surface area (Å²) in [5, 5.41) is 2.58. The van der Waals surface area contributed by atoms with Crippen molar-refractivity contribution in [1.82, 2.24) is 4.81 Å². The van der Waals surface area contributed by atoms with Crippen molar-refractivity contribution < 1.29 is 4.65 Å². The maximum Gasteiger partial charge on any atom is 0.420 e. The van der Waals surface area contributed by atoms with Crippen molar-refractivity contribution >= 4 is 23.3 Å². The lowest BCUT2D eigenvalue weighted by Gasteiger charge is -2.41. The average Bonchev–Trinajstić information content (AvgIpc) is 3.31. The largest absolute Gasteiger partial charge is 0.420 e. The molecule has 0 aliphatic carbocycles. The summed E-state index contributed by atoms with van der Waals surface area (Å²) in [6.07, 6.45) is 0. The summed E-state index contributed by atoms with van der Waals surface area (Å²) in [5.41, 5.74) is 4.29. The van der Waals surface area contributed by atoms with Crippen molar-refractivity contribution in [2.24, 2.45) is 5.92 Å². The average molecular weight is 481 g/mol. The van der Waals surface area contributed by atoms with E-state index in [0.717, 1.165) is 6.54 Å². The van der Waals surface area contributed by atoms with Crippen LogP contribution in [0.3, 0.4) is 0 Å². The van der Waals surface area contributed by atoms with Gasteiger partial charge in [-0.25, -0.2) is 0 Å². The fraction of sp³-hybridized carbons (Fsp3) is 0.176. The zero-order valence-electron chi connectivity index (χ0n) is 21.5. The van der Waals surface area contributed by atoms with Crippen LogP contribution in [-0.4, -0.2) is 17.9 Å². The SMILES string of the molecule is CC(C)C1N(Cc2cccc3ccccc23)B(c2ccccc2)OC1(c1ccccc1)c1ccccc1. The zero-order valence-corrected chi connectivity index (χ0v) is 21.5. The number of hydrogen-bond acceptors (Lipinski definition) is 2. The van der Waals surface area contributed by atoms with Crippen molar-refractivity contribution in [3.63, 3.8) is 0 Å². The van der Waals surface area contributed by atoms with Gasteiger partial charge in [0.05, 0.1) is 0 Å². The number of nitrogens with zero attached hydrogens (tertiary/aromatic N) is 1. The Morgan fingerprint density at radius 3 is 1.84 bits per heavy atom. The van der Waals surface area contributed by atoms with Crippen molar-refractivity contribution in [2.45, 2.75) is 32.0 Å². The summed E-state index contributed by atoms with van der Waals surface area (Å²) < 4.78 is 7.40. The van der Waals surface area contributed by atoms with Crippen LogP contribution in [0.4, 0.5) is 0 Å². The molecule has 6 rings (SSSR count). The highest BCUT2D eigenvalue weighted by atomic mass is 16.5. The zero-order chi connectivity index (χ0) is 25.2. The Bertz CT molecular complexity index is 1420. The van der Waals surface area contributed by atoms with E-state index in [1.165, 1.54) is 32.9 Å². The summed E-state index contributed by atoms with van der Waals surface area (Å²) in [4.78, 5) is 2.60. The molecule has 1 aliphatic heterocycles. The third-order valence-corrected chi connectivity index (χ3v) is 7.73. The van der Waals surface area contributed by atoms with Gasteiger partial charge < -0.3 is 9.47 Å². The van der Waals surface area contributed by atoms with E-state index in [-0.39, 0.29) is 13.1 Å². The molecular formula is C34H32BNO. The van der Waals surface area contributed by atoms with Crippen LogP contribution in [0.1, 0.15) is 30.5 Å². The fourth-order valence-corrected chi connectivity index (χ4v) is 6.25. The normalized spacial score (nSPS) is 17.5. The third-order valence-electron chi connectivity index (χ3n) is 7.73. The van der Waals surface area contributed by atoms with Gasteiger partial charge in [0.15, 0.2) is 0 Å². The van der Waals surface area contributed by atoms with Gasteiger partial charge in [0.25, 0.3) is 0 Å². The summed E-state index contributed by atoms with van der Waals surface area (Å²) in [7, 11) is -0.187. The van der Waals surface area contributed by atoms with Crippen LogP contribution in [0.2, 0.25) is 0 Å². The molecule has 5 aromatic carbocycles. The molecule has 1 atom stereocenters. The standard InChI is InChI=1S/C34H32BNO/c1-26(2)33-34(29-18-6-3-7-19-29,30-20-8-4-9-21-30)37-35(31-22-10-5-11-23-31)36(33)25-28-17-14-16-27-15-12-13-24-32(27)28/h3-24,26,33H,25H2,1-2H3. The van der Waals surface area contributed by atoms with Crippen LogP contribution in [-0.2, 0) is 16.8 Å². The van der Waals surface area contributed by atoms with E-state index in [1.807, 2.05) is 0 Å². The molecule has 2 nitrogen and oxygen atoms in total. The molecule has 0 radical (unpaired) electrons. The van der Waals surface area contributed by atoms with Gasteiger partial charge in [0.1, 0.15) is 5.60 Å². The highest BCUT2D eigenvalue weighted by molar-refractivity contribution is 6.65. The minimum Gasteiger partial charge on any atom is -0.402 e. The smallest absolute Gasteiger partial charge is 0.402 e. The molecule has 0 aromatic heterocycles. The van der Waals surface area contributed by atoms with Crippen LogP contribution < -0.4 is 5.46 Å². The van der Waals surface area contributed by atoms with Gasteiger partial charge in [-0.1, -0.05) is 147 Å². The molecule has 0 amide bonds. The van der Waals surface area contributed by atoms with Crippen LogP contribution >= 0.6 is 0 Å². The summed E-state index contributed by atoms with van der Waals surface area (Å²) in [5.74, 6) is 0.337. The number of benzene rings is 5. The Hall–Kier alpha value is -3.66. The second kappa shape index (κ2) is 10.0. The molecule has 1 aliphatic rings. The maximum absolute atomic E-state index is 7.40. The van der Waals surface area contributed by atoms with E-state index in [4.69, 9.17) is 4.65 Å². The topological polar surface area (TPSA) is 12.5 Å². The van der Waals surface area contributed by atoms with Crippen molar-refractivity contribution in [1.29, 1.82) is 0 Å².